The molecule has 1 atom stereocenters. The van der Waals surface area contributed by atoms with Crippen molar-refractivity contribution >= 4 is 0 Å². The van der Waals surface area contributed by atoms with Crippen molar-refractivity contribution in [3.05, 3.63) is 29.8 Å². The number of hydrogen-bond donors (Lipinski definition) is 1. The van der Waals surface area contributed by atoms with Crippen LogP contribution in [0.3, 0.4) is 0 Å². The summed E-state index contributed by atoms with van der Waals surface area (Å²) in [5.74, 6) is 1.67. The van der Waals surface area contributed by atoms with Gasteiger partial charge in [0.2, 0.25) is 0 Å². The number of rotatable bonds is 8. The van der Waals surface area contributed by atoms with E-state index < -0.39 is 0 Å². The third kappa shape index (κ3) is 6.06. The van der Waals surface area contributed by atoms with E-state index in [-0.39, 0.29) is 6.10 Å². The van der Waals surface area contributed by atoms with E-state index in [1.165, 1.54) is 5.56 Å². The van der Waals surface area contributed by atoms with Crippen molar-refractivity contribution in [1.82, 2.24) is 5.32 Å². The molecule has 2 heteroatoms. The highest BCUT2D eigenvalue weighted by Crippen LogP contribution is 2.15. The topological polar surface area (TPSA) is 21.3 Å². The first-order chi connectivity index (χ1) is 8.61. The van der Waals surface area contributed by atoms with Crippen molar-refractivity contribution in [2.75, 3.05) is 13.1 Å². The van der Waals surface area contributed by atoms with Crippen LogP contribution in [-0.2, 0) is 0 Å². The van der Waals surface area contributed by atoms with Crippen LogP contribution in [0.4, 0.5) is 0 Å². The zero-order valence-corrected chi connectivity index (χ0v) is 12.2. The van der Waals surface area contributed by atoms with E-state index in [0.717, 1.165) is 31.7 Å². The van der Waals surface area contributed by atoms with Crippen LogP contribution in [0, 0.1) is 12.8 Å². The van der Waals surface area contributed by atoms with Crippen molar-refractivity contribution in [2.24, 2.45) is 5.92 Å². The Balaban J connectivity index is 2.46. The van der Waals surface area contributed by atoms with Crippen molar-refractivity contribution in [2.45, 2.75) is 46.6 Å². The molecule has 0 aliphatic heterocycles. The van der Waals surface area contributed by atoms with E-state index >= 15 is 0 Å². The third-order valence-corrected chi connectivity index (χ3v) is 2.83. The number of ether oxygens (including phenoxy) is 1. The normalized spacial score (nSPS) is 12.7. The van der Waals surface area contributed by atoms with Crippen molar-refractivity contribution in [3.8, 4) is 5.75 Å². The summed E-state index contributed by atoms with van der Waals surface area (Å²) in [6.07, 6.45) is 2.52. The Morgan fingerprint density at radius 2 is 2.00 bits per heavy atom. The van der Waals surface area contributed by atoms with E-state index in [4.69, 9.17) is 4.74 Å². The highest BCUT2D eigenvalue weighted by Gasteiger charge is 2.09. The molecule has 0 fully saturated rings. The first kappa shape index (κ1) is 15.0. The summed E-state index contributed by atoms with van der Waals surface area (Å²) in [5.41, 5.74) is 1.25. The number of hydrogen-bond acceptors (Lipinski definition) is 2. The molecule has 0 bridgehead atoms. The van der Waals surface area contributed by atoms with Crippen molar-refractivity contribution in [3.63, 3.8) is 0 Å². The quantitative estimate of drug-likeness (QED) is 0.757. The summed E-state index contributed by atoms with van der Waals surface area (Å²) >= 11 is 0. The summed E-state index contributed by atoms with van der Waals surface area (Å²) in [5, 5.41) is 3.48. The van der Waals surface area contributed by atoms with E-state index in [1.54, 1.807) is 0 Å². The van der Waals surface area contributed by atoms with Gasteiger partial charge in [-0.1, -0.05) is 39.3 Å². The molecule has 0 saturated heterocycles. The minimum absolute atomic E-state index is 0.274. The van der Waals surface area contributed by atoms with E-state index in [9.17, 15) is 0 Å². The van der Waals surface area contributed by atoms with Gasteiger partial charge in [0.25, 0.3) is 0 Å². The van der Waals surface area contributed by atoms with E-state index in [0.29, 0.717) is 5.92 Å². The number of aryl methyl sites for hydroxylation is 1. The molecule has 1 aromatic rings. The predicted molar refractivity (Wildman–Crippen MR) is 78.2 cm³/mol. The first-order valence-electron chi connectivity index (χ1n) is 7.05. The SMILES string of the molecule is CCCC(CNCC(C)C)Oc1cccc(C)c1. The van der Waals surface area contributed by atoms with Crippen molar-refractivity contribution in [1.29, 1.82) is 0 Å². The molecule has 0 saturated carbocycles. The molecule has 18 heavy (non-hydrogen) atoms. The van der Waals surface area contributed by atoms with E-state index in [1.807, 2.05) is 6.07 Å². The molecule has 0 aliphatic carbocycles. The van der Waals surface area contributed by atoms with Gasteiger partial charge in [-0.2, -0.15) is 0 Å². The van der Waals surface area contributed by atoms with Crippen LogP contribution in [0.5, 0.6) is 5.75 Å². The van der Waals surface area contributed by atoms with Gasteiger partial charge in [-0.25, -0.2) is 0 Å². The molecule has 1 N–H and O–H groups in total. The molecule has 1 unspecified atom stereocenters. The molecule has 0 aliphatic rings. The molecular weight excluding hydrogens is 222 g/mol. The fourth-order valence-electron chi connectivity index (χ4n) is 1.94. The maximum Gasteiger partial charge on any atom is 0.120 e. The predicted octanol–water partition coefficient (Wildman–Crippen LogP) is 3.79. The first-order valence-corrected chi connectivity index (χ1v) is 7.05. The van der Waals surface area contributed by atoms with Gasteiger partial charge in [0.05, 0.1) is 0 Å². The summed E-state index contributed by atoms with van der Waals surface area (Å²) in [7, 11) is 0. The Bertz CT molecular complexity index is 336. The summed E-state index contributed by atoms with van der Waals surface area (Å²) in [4.78, 5) is 0. The number of nitrogens with one attached hydrogen (secondary N) is 1. The lowest BCUT2D eigenvalue weighted by atomic mass is 10.2. The van der Waals surface area contributed by atoms with Crippen molar-refractivity contribution < 1.29 is 4.74 Å². The monoisotopic (exact) mass is 249 g/mol. The van der Waals surface area contributed by atoms with Gasteiger partial charge < -0.3 is 10.1 Å². The fourth-order valence-corrected chi connectivity index (χ4v) is 1.94. The van der Waals surface area contributed by atoms with Crippen LogP contribution in [-0.4, -0.2) is 19.2 Å². The molecule has 2 nitrogen and oxygen atoms in total. The molecule has 1 rings (SSSR count). The second-order valence-electron chi connectivity index (χ2n) is 5.40. The highest BCUT2D eigenvalue weighted by atomic mass is 16.5. The maximum atomic E-state index is 6.06. The van der Waals surface area contributed by atoms with Gasteiger partial charge in [-0.3, -0.25) is 0 Å². The lowest BCUT2D eigenvalue weighted by Crippen LogP contribution is -2.33. The minimum atomic E-state index is 0.274. The standard InChI is InChI=1S/C16H27NO/c1-5-7-16(12-17-11-13(2)3)18-15-9-6-8-14(4)10-15/h6,8-10,13,16-17H,5,7,11-12H2,1-4H3. The summed E-state index contributed by atoms with van der Waals surface area (Å²) in [6.45, 7) is 10.7. The van der Waals surface area contributed by atoms with Crippen LogP contribution >= 0.6 is 0 Å². The smallest absolute Gasteiger partial charge is 0.120 e. The molecular formula is C16H27NO. The van der Waals surface area contributed by atoms with Gasteiger partial charge in [0.15, 0.2) is 0 Å². The molecule has 0 radical (unpaired) electrons. The van der Waals surface area contributed by atoms with Gasteiger partial charge in [0.1, 0.15) is 11.9 Å². The molecule has 0 spiro atoms. The average molecular weight is 249 g/mol. The lowest BCUT2D eigenvalue weighted by molar-refractivity contribution is 0.185. The minimum Gasteiger partial charge on any atom is -0.489 e. The second kappa shape index (κ2) is 8.15. The lowest BCUT2D eigenvalue weighted by Gasteiger charge is -2.20. The van der Waals surface area contributed by atoms with E-state index in [2.05, 4.69) is 51.2 Å². The zero-order valence-electron chi connectivity index (χ0n) is 12.2. The van der Waals surface area contributed by atoms with Crippen LogP contribution in [0.15, 0.2) is 24.3 Å². The Morgan fingerprint density at radius 3 is 2.61 bits per heavy atom. The molecule has 1 aromatic carbocycles. The second-order valence-corrected chi connectivity index (χ2v) is 5.40. The van der Waals surface area contributed by atoms with Gasteiger partial charge >= 0.3 is 0 Å². The molecule has 0 aromatic heterocycles. The number of benzene rings is 1. The Labute approximate surface area is 112 Å². The van der Waals surface area contributed by atoms with Gasteiger partial charge in [-0.05, 0) is 43.5 Å². The zero-order chi connectivity index (χ0) is 13.4. The molecule has 0 amide bonds. The third-order valence-electron chi connectivity index (χ3n) is 2.83. The Kier molecular flexibility index (Phi) is 6.81. The maximum absolute atomic E-state index is 6.06. The largest absolute Gasteiger partial charge is 0.489 e. The van der Waals surface area contributed by atoms with Gasteiger partial charge in [-0.15, -0.1) is 0 Å². The Morgan fingerprint density at radius 1 is 1.22 bits per heavy atom. The molecule has 102 valence electrons. The Hall–Kier alpha value is -1.02. The van der Waals surface area contributed by atoms with Gasteiger partial charge in [0, 0.05) is 6.54 Å². The fraction of sp³-hybridized carbons (Fsp3) is 0.625. The van der Waals surface area contributed by atoms with Crippen LogP contribution in [0.2, 0.25) is 0 Å². The highest BCUT2D eigenvalue weighted by molar-refractivity contribution is 5.27. The molecule has 0 heterocycles. The summed E-state index contributed by atoms with van der Waals surface area (Å²) in [6, 6.07) is 8.29. The summed E-state index contributed by atoms with van der Waals surface area (Å²) < 4.78 is 6.06. The average Bonchev–Trinajstić information content (AvgIpc) is 2.28. The van der Waals surface area contributed by atoms with Crippen LogP contribution < -0.4 is 10.1 Å². The van der Waals surface area contributed by atoms with Crippen LogP contribution in [0.1, 0.15) is 39.2 Å². The van der Waals surface area contributed by atoms with Crippen LogP contribution in [0.25, 0.3) is 0 Å².